The van der Waals surface area contributed by atoms with Crippen LogP contribution in [-0.4, -0.2) is 23.9 Å². The van der Waals surface area contributed by atoms with Gasteiger partial charge in [0.25, 0.3) is 5.91 Å². The van der Waals surface area contributed by atoms with Gasteiger partial charge < -0.3 is 4.90 Å². The zero-order valence-electron chi connectivity index (χ0n) is 12.0. The summed E-state index contributed by atoms with van der Waals surface area (Å²) in [6, 6.07) is 8.52. The highest BCUT2D eigenvalue weighted by Crippen LogP contribution is 2.31. The van der Waals surface area contributed by atoms with E-state index in [1.807, 2.05) is 17.9 Å². The van der Waals surface area contributed by atoms with Crippen molar-refractivity contribution in [3.63, 3.8) is 0 Å². The van der Waals surface area contributed by atoms with Crippen LogP contribution in [0.25, 0.3) is 0 Å². The molecule has 1 fully saturated rings. The van der Waals surface area contributed by atoms with Gasteiger partial charge in [0, 0.05) is 18.7 Å². The number of rotatable bonds is 1. The fourth-order valence-corrected chi connectivity index (χ4v) is 3.20. The van der Waals surface area contributed by atoms with Crippen LogP contribution in [0.3, 0.4) is 0 Å². The molecule has 0 N–H and O–H groups in total. The molecule has 1 heterocycles. The molecule has 3 nitrogen and oxygen atoms in total. The van der Waals surface area contributed by atoms with Gasteiger partial charge in [-0.05, 0) is 62.3 Å². The summed E-state index contributed by atoms with van der Waals surface area (Å²) in [6.45, 7) is 3.38. The Morgan fingerprint density at radius 2 is 1.95 bits per heavy atom. The lowest BCUT2D eigenvalue weighted by Crippen LogP contribution is -2.41. The summed E-state index contributed by atoms with van der Waals surface area (Å²) in [5.41, 5.74) is 3.30. The van der Waals surface area contributed by atoms with Crippen molar-refractivity contribution in [3.05, 3.63) is 34.9 Å². The number of amides is 1. The van der Waals surface area contributed by atoms with Crippen LogP contribution in [-0.2, 0) is 12.8 Å². The van der Waals surface area contributed by atoms with Crippen molar-refractivity contribution in [2.24, 2.45) is 5.41 Å². The Balaban J connectivity index is 1.73. The predicted octanol–water partition coefficient (Wildman–Crippen LogP) is 2.94. The molecular weight excluding hydrogens is 248 g/mol. The van der Waals surface area contributed by atoms with Crippen molar-refractivity contribution in [1.82, 2.24) is 4.90 Å². The molecule has 20 heavy (non-hydrogen) atoms. The van der Waals surface area contributed by atoms with E-state index in [0.29, 0.717) is 13.1 Å². The Kier molecular flexibility index (Phi) is 3.25. The maximum absolute atomic E-state index is 12.5. The molecule has 1 amide bonds. The fourth-order valence-electron chi connectivity index (χ4n) is 3.20. The van der Waals surface area contributed by atoms with Crippen molar-refractivity contribution in [1.29, 1.82) is 5.26 Å². The first kappa shape index (κ1) is 13.2. The van der Waals surface area contributed by atoms with Crippen molar-refractivity contribution in [2.45, 2.75) is 39.0 Å². The minimum Gasteiger partial charge on any atom is -0.339 e. The number of hydrogen-bond donors (Lipinski definition) is 0. The molecule has 0 aromatic heterocycles. The van der Waals surface area contributed by atoms with Crippen LogP contribution in [0, 0.1) is 16.7 Å². The molecule has 0 bridgehead atoms. The molecule has 0 saturated carbocycles. The van der Waals surface area contributed by atoms with Crippen molar-refractivity contribution in [2.75, 3.05) is 13.1 Å². The van der Waals surface area contributed by atoms with Gasteiger partial charge >= 0.3 is 0 Å². The molecule has 1 aliphatic carbocycles. The second kappa shape index (κ2) is 4.94. The van der Waals surface area contributed by atoms with Crippen molar-refractivity contribution < 1.29 is 4.79 Å². The van der Waals surface area contributed by atoms with Gasteiger partial charge in [0.1, 0.15) is 0 Å². The largest absolute Gasteiger partial charge is 0.339 e. The van der Waals surface area contributed by atoms with Crippen LogP contribution in [0.5, 0.6) is 0 Å². The predicted molar refractivity (Wildman–Crippen MR) is 77.3 cm³/mol. The van der Waals surface area contributed by atoms with E-state index in [4.69, 9.17) is 5.26 Å². The standard InChI is InChI=1S/C17H20N2O/c1-17(12-18)7-9-19(10-8-17)16(20)15-6-5-13-3-2-4-14(13)11-15/h5-6,11H,2-4,7-10H2,1H3. The third kappa shape index (κ3) is 2.31. The normalized spacial score (nSPS) is 20.3. The quantitative estimate of drug-likeness (QED) is 0.786. The smallest absolute Gasteiger partial charge is 0.253 e. The van der Waals surface area contributed by atoms with Crippen molar-refractivity contribution >= 4 is 5.91 Å². The number of nitrogens with zero attached hydrogens (tertiary/aromatic N) is 2. The molecule has 0 atom stereocenters. The van der Waals surface area contributed by atoms with E-state index in [0.717, 1.165) is 31.2 Å². The maximum atomic E-state index is 12.5. The second-order valence-electron chi connectivity index (χ2n) is 6.30. The number of hydrogen-bond acceptors (Lipinski definition) is 2. The van der Waals surface area contributed by atoms with Crippen LogP contribution in [0.2, 0.25) is 0 Å². The number of aryl methyl sites for hydroxylation is 2. The van der Waals surface area contributed by atoms with Gasteiger partial charge in [0.2, 0.25) is 0 Å². The topological polar surface area (TPSA) is 44.1 Å². The lowest BCUT2D eigenvalue weighted by molar-refractivity contribution is 0.0661. The second-order valence-corrected chi connectivity index (χ2v) is 6.30. The Morgan fingerprint density at radius 1 is 1.25 bits per heavy atom. The zero-order chi connectivity index (χ0) is 14.2. The van der Waals surface area contributed by atoms with Gasteiger partial charge in [-0.25, -0.2) is 0 Å². The van der Waals surface area contributed by atoms with Crippen LogP contribution in [0.4, 0.5) is 0 Å². The summed E-state index contributed by atoms with van der Waals surface area (Å²) in [4.78, 5) is 14.4. The molecular formula is C17H20N2O. The van der Waals surface area contributed by atoms with E-state index < -0.39 is 0 Å². The van der Waals surface area contributed by atoms with E-state index in [-0.39, 0.29) is 11.3 Å². The van der Waals surface area contributed by atoms with E-state index in [2.05, 4.69) is 18.2 Å². The van der Waals surface area contributed by atoms with Crippen LogP contribution in [0.15, 0.2) is 18.2 Å². The molecule has 1 saturated heterocycles. The summed E-state index contributed by atoms with van der Waals surface area (Å²) in [6.07, 6.45) is 5.01. The Labute approximate surface area is 120 Å². The van der Waals surface area contributed by atoms with Gasteiger partial charge in [0.05, 0.1) is 11.5 Å². The van der Waals surface area contributed by atoms with E-state index in [1.165, 1.54) is 17.5 Å². The molecule has 3 heteroatoms. The summed E-state index contributed by atoms with van der Waals surface area (Å²) in [5, 5.41) is 9.14. The molecule has 0 spiro atoms. The summed E-state index contributed by atoms with van der Waals surface area (Å²) in [7, 11) is 0. The van der Waals surface area contributed by atoms with Crippen LogP contribution < -0.4 is 0 Å². The number of benzene rings is 1. The number of likely N-dealkylation sites (tertiary alicyclic amines) is 1. The lowest BCUT2D eigenvalue weighted by Gasteiger charge is -2.35. The van der Waals surface area contributed by atoms with Gasteiger partial charge in [-0.3, -0.25) is 4.79 Å². The minimum absolute atomic E-state index is 0.125. The highest BCUT2D eigenvalue weighted by atomic mass is 16.2. The third-order valence-electron chi connectivity index (χ3n) is 4.77. The maximum Gasteiger partial charge on any atom is 0.253 e. The summed E-state index contributed by atoms with van der Waals surface area (Å²) >= 11 is 0. The van der Waals surface area contributed by atoms with Gasteiger partial charge in [-0.2, -0.15) is 5.26 Å². The molecule has 3 rings (SSSR count). The van der Waals surface area contributed by atoms with E-state index in [9.17, 15) is 4.79 Å². The van der Waals surface area contributed by atoms with Crippen LogP contribution >= 0.6 is 0 Å². The number of piperidine rings is 1. The first-order valence-electron chi connectivity index (χ1n) is 7.44. The first-order chi connectivity index (χ1) is 9.61. The van der Waals surface area contributed by atoms with Crippen molar-refractivity contribution in [3.8, 4) is 6.07 Å². The highest BCUT2D eigenvalue weighted by molar-refractivity contribution is 5.94. The fraction of sp³-hybridized carbons (Fsp3) is 0.529. The summed E-state index contributed by atoms with van der Waals surface area (Å²) < 4.78 is 0. The third-order valence-corrected chi connectivity index (χ3v) is 4.77. The highest BCUT2D eigenvalue weighted by Gasteiger charge is 2.32. The van der Waals surface area contributed by atoms with E-state index in [1.54, 1.807) is 0 Å². The zero-order valence-corrected chi connectivity index (χ0v) is 12.0. The van der Waals surface area contributed by atoms with Gasteiger partial charge in [-0.1, -0.05) is 6.07 Å². The molecule has 2 aliphatic rings. The molecule has 1 aromatic rings. The monoisotopic (exact) mass is 268 g/mol. The molecule has 0 radical (unpaired) electrons. The number of carbonyl (C=O) groups excluding carboxylic acids is 1. The van der Waals surface area contributed by atoms with Crippen LogP contribution in [0.1, 0.15) is 47.7 Å². The number of nitriles is 1. The van der Waals surface area contributed by atoms with Gasteiger partial charge in [0.15, 0.2) is 0 Å². The average Bonchev–Trinajstić information content (AvgIpc) is 2.94. The summed E-state index contributed by atoms with van der Waals surface area (Å²) in [5.74, 6) is 0.125. The molecule has 1 aromatic carbocycles. The molecule has 0 unspecified atom stereocenters. The van der Waals surface area contributed by atoms with Gasteiger partial charge in [-0.15, -0.1) is 0 Å². The Morgan fingerprint density at radius 3 is 2.65 bits per heavy atom. The number of fused-ring (bicyclic) bond motifs is 1. The number of carbonyl (C=O) groups is 1. The van der Waals surface area contributed by atoms with E-state index >= 15 is 0 Å². The Bertz CT molecular complexity index is 577. The first-order valence-corrected chi connectivity index (χ1v) is 7.44. The minimum atomic E-state index is -0.255. The molecule has 104 valence electrons. The Hall–Kier alpha value is -1.82. The average molecular weight is 268 g/mol. The SMILES string of the molecule is CC1(C#N)CCN(C(=O)c2ccc3c(c2)CCC3)CC1. The lowest BCUT2D eigenvalue weighted by atomic mass is 9.82. The molecule has 1 aliphatic heterocycles.